The molecule has 1 heterocycles. The van der Waals surface area contributed by atoms with Gasteiger partial charge in [-0.2, -0.15) is 10.1 Å². The Labute approximate surface area is 107 Å². The molecule has 8 heteroatoms. The average molecular weight is 267 g/mol. The summed E-state index contributed by atoms with van der Waals surface area (Å²) >= 11 is 5.56. The number of nitro groups is 1. The van der Waals surface area contributed by atoms with Crippen LogP contribution in [0.3, 0.4) is 0 Å². The maximum Gasteiger partial charge on any atom is 0.273 e. The van der Waals surface area contributed by atoms with Crippen LogP contribution in [0.5, 0.6) is 11.6 Å². The van der Waals surface area contributed by atoms with Crippen molar-refractivity contribution in [3.8, 4) is 11.6 Å². The number of hydrogen-bond donors (Lipinski definition) is 0. The Morgan fingerprint density at radius 2 is 2.22 bits per heavy atom. The van der Waals surface area contributed by atoms with Gasteiger partial charge < -0.3 is 4.74 Å². The molecule has 0 fully saturated rings. The second kappa shape index (κ2) is 4.92. The van der Waals surface area contributed by atoms with E-state index in [9.17, 15) is 10.1 Å². The third kappa shape index (κ3) is 2.69. The molecule has 0 N–H and O–H groups in total. The van der Waals surface area contributed by atoms with Crippen LogP contribution in [-0.2, 0) is 0 Å². The first-order valence-electron chi connectivity index (χ1n) is 4.84. The number of halogens is 1. The Morgan fingerprint density at radius 3 is 2.89 bits per heavy atom. The second-order valence-electron chi connectivity index (χ2n) is 3.37. The van der Waals surface area contributed by atoms with Crippen molar-refractivity contribution < 1.29 is 9.66 Å². The smallest absolute Gasteiger partial charge is 0.273 e. The van der Waals surface area contributed by atoms with Gasteiger partial charge in [-0.25, -0.2) is 0 Å². The first-order valence-corrected chi connectivity index (χ1v) is 5.22. The van der Waals surface area contributed by atoms with Gasteiger partial charge in [-0.15, -0.1) is 5.10 Å². The van der Waals surface area contributed by atoms with Crippen LogP contribution >= 0.6 is 11.6 Å². The molecule has 92 valence electrons. The molecule has 0 saturated heterocycles. The van der Waals surface area contributed by atoms with Gasteiger partial charge in [0.15, 0.2) is 0 Å². The van der Waals surface area contributed by atoms with E-state index < -0.39 is 4.92 Å². The molecule has 0 radical (unpaired) electrons. The number of aromatic nitrogens is 3. The summed E-state index contributed by atoms with van der Waals surface area (Å²) in [5.41, 5.74) is 0.666. The third-order valence-corrected chi connectivity index (χ3v) is 2.27. The third-order valence-electron chi connectivity index (χ3n) is 2.11. The van der Waals surface area contributed by atoms with Gasteiger partial charge in [-0.05, 0) is 30.2 Å². The number of rotatable bonds is 3. The fraction of sp³-hybridized carbons (Fsp3) is 0.100. The number of nitrogens with zero attached hydrogens (tertiary/aromatic N) is 4. The monoisotopic (exact) mass is 266 g/mol. The summed E-state index contributed by atoms with van der Waals surface area (Å²) in [4.78, 5) is 13.9. The Bertz CT molecular complexity index is 605. The summed E-state index contributed by atoms with van der Waals surface area (Å²) in [5, 5.41) is 17.6. The van der Waals surface area contributed by atoms with Crippen molar-refractivity contribution in [1.82, 2.24) is 15.2 Å². The standard InChI is InChI=1S/C10H7ClN4O3/c1-6-2-3-7(15(16)17)4-8(6)18-9-5-12-14-10(11)13-9/h2-5H,1H3. The lowest BCUT2D eigenvalue weighted by Crippen LogP contribution is -1.95. The lowest BCUT2D eigenvalue weighted by molar-refractivity contribution is -0.384. The van der Waals surface area contributed by atoms with Crippen LogP contribution in [0.4, 0.5) is 5.69 Å². The van der Waals surface area contributed by atoms with Gasteiger partial charge in [0.1, 0.15) is 11.9 Å². The van der Waals surface area contributed by atoms with Crippen LogP contribution < -0.4 is 4.74 Å². The maximum absolute atomic E-state index is 10.7. The molecule has 18 heavy (non-hydrogen) atoms. The minimum Gasteiger partial charge on any atom is -0.437 e. The van der Waals surface area contributed by atoms with E-state index in [0.717, 1.165) is 5.56 Å². The van der Waals surface area contributed by atoms with E-state index in [-0.39, 0.29) is 16.9 Å². The van der Waals surface area contributed by atoms with Crippen molar-refractivity contribution in [2.75, 3.05) is 0 Å². The van der Waals surface area contributed by atoms with Gasteiger partial charge in [0.2, 0.25) is 11.2 Å². The molecule has 0 aliphatic rings. The highest BCUT2D eigenvalue weighted by atomic mass is 35.5. The molecule has 0 amide bonds. The number of hydrogen-bond acceptors (Lipinski definition) is 6. The van der Waals surface area contributed by atoms with Crippen LogP contribution in [0.2, 0.25) is 5.28 Å². The number of ether oxygens (including phenoxy) is 1. The summed E-state index contributed by atoms with van der Waals surface area (Å²) in [6, 6.07) is 4.29. The highest BCUT2D eigenvalue weighted by Crippen LogP contribution is 2.27. The van der Waals surface area contributed by atoms with Gasteiger partial charge in [0.05, 0.1) is 11.0 Å². The number of aryl methyl sites for hydroxylation is 1. The molecule has 2 rings (SSSR count). The Morgan fingerprint density at radius 1 is 1.44 bits per heavy atom. The zero-order valence-corrected chi connectivity index (χ0v) is 9.96. The van der Waals surface area contributed by atoms with Crippen molar-refractivity contribution in [1.29, 1.82) is 0 Å². The van der Waals surface area contributed by atoms with Gasteiger partial charge >= 0.3 is 0 Å². The normalized spacial score (nSPS) is 10.1. The van der Waals surface area contributed by atoms with Crippen molar-refractivity contribution in [2.45, 2.75) is 6.92 Å². The Kier molecular flexibility index (Phi) is 3.33. The Hall–Kier alpha value is -2.28. The molecule has 0 atom stereocenters. The Balaban J connectivity index is 2.33. The zero-order valence-electron chi connectivity index (χ0n) is 9.20. The molecule has 0 unspecified atom stereocenters. The van der Waals surface area contributed by atoms with E-state index in [0.29, 0.717) is 5.75 Å². The predicted molar refractivity (Wildman–Crippen MR) is 62.7 cm³/mol. The average Bonchev–Trinajstić information content (AvgIpc) is 2.31. The van der Waals surface area contributed by atoms with Crippen LogP contribution in [0.25, 0.3) is 0 Å². The van der Waals surface area contributed by atoms with Crippen molar-refractivity contribution in [3.63, 3.8) is 0 Å². The highest BCUT2D eigenvalue weighted by Gasteiger charge is 2.11. The van der Waals surface area contributed by atoms with Gasteiger partial charge in [-0.3, -0.25) is 10.1 Å². The largest absolute Gasteiger partial charge is 0.437 e. The lowest BCUT2D eigenvalue weighted by Gasteiger charge is -2.06. The number of nitro benzene ring substituents is 1. The first-order chi connectivity index (χ1) is 8.56. The zero-order chi connectivity index (χ0) is 13.1. The second-order valence-corrected chi connectivity index (χ2v) is 3.71. The molecular weight excluding hydrogens is 260 g/mol. The molecule has 1 aromatic heterocycles. The minimum atomic E-state index is -0.502. The summed E-state index contributed by atoms with van der Waals surface area (Å²) in [6.07, 6.45) is 1.27. The summed E-state index contributed by atoms with van der Waals surface area (Å²) < 4.78 is 5.38. The van der Waals surface area contributed by atoms with Crippen LogP contribution in [0, 0.1) is 17.0 Å². The maximum atomic E-state index is 10.7. The molecule has 0 saturated carbocycles. The summed E-state index contributed by atoms with van der Waals surface area (Å²) in [5.74, 6) is 0.444. The molecule has 0 aliphatic carbocycles. The SMILES string of the molecule is Cc1ccc([N+](=O)[O-])cc1Oc1cnnc(Cl)n1. The lowest BCUT2D eigenvalue weighted by atomic mass is 10.2. The molecule has 2 aromatic rings. The van der Waals surface area contributed by atoms with E-state index in [4.69, 9.17) is 16.3 Å². The van der Waals surface area contributed by atoms with Crippen molar-refractivity contribution in [3.05, 3.63) is 45.4 Å². The van der Waals surface area contributed by atoms with Gasteiger partial charge in [0.25, 0.3) is 5.69 Å². The van der Waals surface area contributed by atoms with Gasteiger partial charge in [0, 0.05) is 6.07 Å². The van der Waals surface area contributed by atoms with Gasteiger partial charge in [-0.1, -0.05) is 0 Å². The molecule has 0 spiro atoms. The van der Waals surface area contributed by atoms with Crippen LogP contribution in [0.1, 0.15) is 5.56 Å². The minimum absolute atomic E-state index is 0.0596. The highest BCUT2D eigenvalue weighted by molar-refractivity contribution is 6.28. The fourth-order valence-electron chi connectivity index (χ4n) is 1.24. The van der Waals surface area contributed by atoms with E-state index >= 15 is 0 Å². The predicted octanol–water partition coefficient (Wildman–Crippen LogP) is 2.53. The first kappa shape index (κ1) is 12.2. The summed E-state index contributed by atoms with van der Waals surface area (Å²) in [6.45, 7) is 1.76. The van der Waals surface area contributed by atoms with Crippen molar-refractivity contribution >= 4 is 17.3 Å². The van der Waals surface area contributed by atoms with Crippen LogP contribution in [-0.4, -0.2) is 20.1 Å². The molecule has 7 nitrogen and oxygen atoms in total. The van der Waals surface area contributed by atoms with Crippen LogP contribution in [0.15, 0.2) is 24.4 Å². The van der Waals surface area contributed by atoms with E-state index in [1.54, 1.807) is 13.0 Å². The molecule has 0 aliphatic heterocycles. The fourth-order valence-corrected chi connectivity index (χ4v) is 1.37. The quantitative estimate of drug-likeness (QED) is 0.626. The van der Waals surface area contributed by atoms with Crippen molar-refractivity contribution in [2.24, 2.45) is 0 Å². The molecular formula is C10H7ClN4O3. The van der Waals surface area contributed by atoms with E-state index in [1.807, 2.05) is 0 Å². The summed E-state index contributed by atoms with van der Waals surface area (Å²) in [7, 11) is 0. The van der Waals surface area contributed by atoms with E-state index in [2.05, 4.69) is 15.2 Å². The van der Waals surface area contributed by atoms with E-state index in [1.165, 1.54) is 18.3 Å². The topological polar surface area (TPSA) is 91.0 Å². The number of benzene rings is 1. The number of non-ortho nitro benzene ring substituents is 1. The molecule has 0 bridgehead atoms. The molecule has 1 aromatic carbocycles.